The van der Waals surface area contributed by atoms with E-state index in [1.165, 1.54) is 23.4 Å². The predicted molar refractivity (Wildman–Crippen MR) is 114 cm³/mol. The Labute approximate surface area is 180 Å². The molecule has 0 aliphatic rings. The van der Waals surface area contributed by atoms with Gasteiger partial charge in [-0.15, -0.1) is 0 Å². The number of carboxylic acids is 1. The van der Waals surface area contributed by atoms with E-state index in [4.69, 9.17) is 9.84 Å². The van der Waals surface area contributed by atoms with E-state index in [9.17, 15) is 9.59 Å². The summed E-state index contributed by atoms with van der Waals surface area (Å²) in [6.07, 6.45) is 3.98. The van der Waals surface area contributed by atoms with Crippen molar-refractivity contribution in [2.75, 3.05) is 0 Å². The standard InChI is InChI=1S/C22H16N6O4/c29-20-18-19(25-22(26-20)28-12-15(10-24-28)21(30)31)23-13-27(18)11-14-5-4-8-17(9-14)32-16-6-2-1-3-7-16/h1-10,12-13H,11H2,(H,30,31)(H,25,26,29). The molecule has 10 heteroatoms. The van der Waals surface area contributed by atoms with Crippen molar-refractivity contribution in [1.82, 2.24) is 29.3 Å². The zero-order valence-electron chi connectivity index (χ0n) is 16.5. The minimum Gasteiger partial charge on any atom is -0.478 e. The Morgan fingerprint density at radius 2 is 1.91 bits per heavy atom. The minimum absolute atomic E-state index is 0.0177. The number of hydrogen-bond acceptors (Lipinski definition) is 6. The van der Waals surface area contributed by atoms with Crippen LogP contribution in [0.1, 0.15) is 15.9 Å². The highest BCUT2D eigenvalue weighted by atomic mass is 16.5. The summed E-state index contributed by atoms with van der Waals surface area (Å²) in [6.45, 7) is 0.386. The number of benzene rings is 2. The Balaban J connectivity index is 1.43. The third-order valence-corrected chi connectivity index (χ3v) is 4.75. The zero-order chi connectivity index (χ0) is 22.1. The van der Waals surface area contributed by atoms with E-state index in [2.05, 4.69) is 20.1 Å². The van der Waals surface area contributed by atoms with Crippen molar-refractivity contribution < 1.29 is 14.6 Å². The second-order valence-electron chi connectivity index (χ2n) is 6.98. The van der Waals surface area contributed by atoms with Gasteiger partial charge in [-0.1, -0.05) is 30.3 Å². The van der Waals surface area contributed by atoms with E-state index in [1.807, 2.05) is 54.6 Å². The monoisotopic (exact) mass is 428 g/mol. The summed E-state index contributed by atoms with van der Waals surface area (Å²) < 4.78 is 8.76. The molecule has 158 valence electrons. The van der Waals surface area contributed by atoms with E-state index in [0.29, 0.717) is 17.8 Å². The first kappa shape index (κ1) is 19.2. The number of imidazole rings is 1. The van der Waals surface area contributed by atoms with Gasteiger partial charge in [-0.2, -0.15) is 10.1 Å². The van der Waals surface area contributed by atoms with Crippen LogP contribution in [0.25, 0.3) is 17.1 Å². The number of hydrogen-bond donors (Lipinski definition) is 2. The Morgan fingerprint density at radius 1 is 1.09 bits per heavy atom. The van der Waals surface area contributed by atoms with E-state index in [0.717, 1.165) is 11.3 Å². The van der Waals surface area contributed by atoms with Crippen LogP contribution < -0.4 is 10.3 Å². The molecule has 5 aromatic rings. The van der Waals surface area contributed by atoms with Gasteiger partial charge in [0, 0.05) is 12.7 Å². The van der Waals surface area contributed by atoms with Gasteiger partial charge >= 0.3 is 5.97 Å². The Kier molecular flexibility index (Phi) is 4.71. The van der Waals surface area contributed by atoms with E-state index < -0.39 is 11.5 Å². The number of rotatable bonds is 6. The second-order valence-corrected chi connectivity index (χ2v) is 6.98. The lowest BCUT2D eigenvalue weighted by Crippen LogP contribution is -2.16. The minimum atomic E-state index is -1.12. The lowest BCUT2D eigenvalue weighted by Gasteiger charge is -2.09. The molecule has 0 aliphatic carbocycles. The van der Waals surface area contributed by atoms with Crippen LogP contribution in [-0.4, -0.2) is 40.4 Å². The number of aromatic carboxylic acids is 1. The van der Waals surface area contributed by atoms with Crippen molar-refractivity contribution >= 4 is 17.1 Å². The summed E-state index contributed by atoms with van der Waals surface area (Å²) in [4.78, 5) is 35.0. The number of para-hydroxylation sites is 1. The first-order valence-electron chi connectivity index (χ1n) is 9.62. The molecule has 0 unspecified atom stereocenters. The maximum Gasteiger partial charge on any atom is 0.338 e. The molecule has 5 rings (SSSR count). The fraction of sp³-hybridized carbons (Fsp3) is 0.0455. The van der Waals surface area contributed by atoms with Crippen LogP contribution in [0.3, 0.4) is 0 Å². The number of carboxylic acid groups (broad SMARTS) is 1. The molecule has 0 saturated heterocycles. The van der Waals surface area contributed by atoms with Gasteiger partial charge in [0.05, 0.1) is 18.1 Å². The average Bonchev–Trinajstić information content (AvgIpc) is 3.43. The molecule has 2 aromatic carbocycles. The smallest absolute Gasteiger partial charge is 0.338 e. The molecule has 0 spiro atoms. The van der Waals surface area contributed by atoms with Crippen LogP contribution in [-0.2, 0) is 6.54 Å². The van der Waals surface area contributed by atoms with Gasteiger partial charge in [-0.25, -0.2) is 14.5 Å². The predicted octanol–water partition coefficient (Wildman–Crippen LogP) is 2.84. The lowest BCUT2D eigenvalue weighted by molar-refractivity contribution is 0.0697. The van der Waals surface area contributed by atoms with Crippen LogP contribution >= 0.6 is 0 Å². The van der Waals surface area contributed by atoms with E-state index in [1.54, 1.807) is 4.57 Å². The summed E-state index contributed by atoms with van der Waals surface area (Å²) >= 11 is 0. The van der Waals surface area contributed by atoms with E-state index in [-0.39, 0.29) is 17.2 Å². The normalized spacial score (nSPS) is 11.0. The summed E-state index contributed by atoms with van der Waals surface area (Å²) in [6, 6.07) is 17.0. The Hall–Kier alpha value is -4.73. The molecule has 0 aliphatic heterocycles. The van der Waals surface area contributed by atoms with Crippen LogP contribution in [0.2, 0.25) is 0 Å². The number of nitrogens with zero attached hydrogens (tertiary/aromatic N) is 5. The number of fused-ring (bicyclic) bond motifs is 1. The fourth-order valence-electron chi connectivity index (χ4n) is 3.28. The van der Waals surface area contributed by atoms with Gasteiger partial charge in [0.1, 0.15) is 11.5 Å². The molecular formula is C22H16N6O4. The summed E-state index contributed by atoms with van der Waals surface area (Å²) in [7, 11) is 0. The zero-order valence-corrected chi connectivity index (χ0v) is 16.5. The molecule has 3 aromatic heterocycles. The highest BCUT2D eigenvalue weighted by Gasteiger charge is 2.14. The molecular weight excluding hydrogens is 412 g/mol. The number of aromatic nitrogens is 6. The summed E-state index contributed by atoms with van der Waals surface area (Å²) in [5, 5.41) is 13.0. The maximum absolute atomic E-state index is 12.8. The quantitative estimate of drug-likeness (QED) is 0.426. The van der Waals surface area contributed by atoms with Crippen LogP contribution in [0.15, 0.2) is 78.1 Å². The topological polar surface area (TPSA) is 128 Å². The molecule has 3 heterocycles. The van der Waals surface area contributed by atoms with Gasteiger partial charge in [0.25, 0.3) is 5.56 Å². The molecule has 0 fully saturated rings. The van der Waals surface area contributed by atoms with Crippen LogP contribution in [0.4, 0.5) is 0 Å². The number of H-pyrrole nitrogens is 1. The van der Waals surface area contributed by atoms with Crippen molar-refractivity contribution in [3.05, 3.63) is 94.8 Å². The maximum atomic E-state index is 12.8. The number of ether oxygens (including phenoxy) is 1. The molecule has 0 amide bonds. The highest BCUT2D eigenvalue weighted by Crippen LogP contribution is 2.22. The molecule has 10 nitrogen and oxygen atoms in total. The third kappa shape index (κ3) is 3.72. The number of carbonyl (C=O) groups is 1. The number of aromatic amines is 1. The SMILES string of the molecule is O=C(O)c1cnn(-c2nc3ncn(Cc4cccc(Oc5ccccc5)c4)c3c(=O)[nH]2)c1. The molecule has 0 radical (unpaired) electrons. The van der Waals surface area contributed by atoms with Crippen LogP contribution in [0, 0.1) is 0 Å². The molecule has 0 bridgehead atoms. The first-order valence-corrected chi connectivity index (χ1v) is 9.62. The van der Waals surface area contributed by atoms with E-state index >= 15 is 0 Å². The summed E-state index contributed by atoms with van der Waals surface area (Å²) in [5.41, 5.74) is 1.02. The molecule has 2 N–H and O–H groups in total. The first-order chi connectivity index (χ1) is 15.6. The summed E-state index contributed by atoms with van der Waals surface area (Å²) in [5.74, 6) is 0.372. The van der Waals surface area contributed by atoms with Crippen molar-refractivity contribution in [3.63, 3.8) is 0 Å². The van der Waals surface area contributed by atoms with Crippen molar-refractivity contribution in [2.45, 2.75) is 6.54 Å². The Bertz CT molecular complexity index is 1490. The van der Waals surface area contributed by atoms with Gasteiger partial charge < -0.3 is 14.4 Å². The molecule has 0 atom stereocenters. The van der Waals surface area contributed by atoms with Gasteiger partial charge in [0.2, 0.25) is 5.95 Å². The van der Waals surface area contributed by atoms with Crippen molar-refractivity contribution in [2.24, 2.45) is 0 Å². The lowest BCUT2D eigenvalue weighted by atomic mass is 10.2. The van der Waals surface area contributed by atoms with Crippen molar-refractivity contribution in [3.8, 4) is 17.4 Å². The molecule has 0 saturated carbocycles. The van der Waals surface area contributed by atoms with Gasteiger partial charge in [-0.05, 0) is 29.8 Å². The average molecular weight is 428 g/mol. The third-order valence-electron chi connectivity index (χ3n) is 4.75. The fourth-order valence-corrected chi connectivity index (χ4v) is 3.28. The van der Waals surface area contributed by atoms with Gasteiger partial charge in [0.15, 0.2) is 11.2 Å². The largest absolute Gasteiger partial charge is 0.478 e. The van der Waals surface area contributed by atoms with Crippen LogP contribution in [0.5, 0.6) is 11.5 Å². The Morgan fingerprint density at radius 3 is 2.69 bits per heavy atom. The highest BCUT2D eigenvalue weighted by molar-refractivity contribution is 5.86. The molecule has 32 heavy (non-hydrogen) atoms. The second kappa shape index (κ2) is 7.84. The number of nitrogens with one attached hydrogen (secondary N) is 1. The van der Waals surface area contributed by atoms with Gasteiger partial charge in [-0.3, -0.25) is 9.78 Å². The van der Waals surface area contributed by atoms with Crippen molar-refractivity contribution in [1.29, 1.82) is 0 Å².